The maximum absolute atomic E-state index is 12.9. The van der Waals surface area contributed by atoms with Crippen LogP contribution in [0.1, 0.15) is 16.3 Å². The van der Waals surface area contributed by atoms with E-state index in [9.17, 15) is 15.0 Å². The molecule has 1 aliphatic rings. The first-order valence-corrected chi connectivity index (χ1v) is 10.3. The fraction of sp³-hybridized carbons (Fsp3) is 0.429. The fourth-order valence-corrected chi connectivity index (χ4v) is 5.16. The van der Waals surface area contributed by atoms with Gasteiger partial charge in [0.1, 0.15) is 10.7 Å². The van der Waals surface area contributed by atoms with Gasteiger partial charge in [0.05, 0.1) is 11.9 Å². The second-order valence-electron chi connectivity index (χ2n) is 7.67. The third-order valence-electron chi connectivity index (χ3n) is 5.62. The molecule has 1 aliphatic heterocycles. The molecule has 0 unspecified atom stereocenters. The van der Waals surface area contributed by atoms with E-state index in [4.69, 9.17) is 4.98 Å². The van der Waals surface area contributed by atoms with E-state index in [1.807, 2.05) is 26.0 Å². The SMILES string of the molecule is Cc1ccc(-c2c(C)sc3nc(CN4C[C@@H](CO)[C@H](CO)C4)[nH]c(=O)c23)cc1. The fourth-order valence-electron chi connectivity index (χ4n) is 4.10. The molecule has 1 saturated heterocycles. The third-order valence-corrected chi connectivity index (χ3v) is 6.62. The first-order valence-electron chi connectivity index (χ1n) is 9.53. The third kappa shape index (κ3) is 3.51. The number of hydrogen-bond acceptors (Lipinski definition) is 6. The Morgan fingerprint density at radius 3 is 2.39 bits per heavy atom. The number of aliphatic hydroxyl groups excluding tert-OH is 2. The summed E-state index contributed by atoms with van der Waals surface area (Å²) >= 11 is 1.54. The number of nitrogens with zero attached hydrogens (tertiary/aromatic N) is 2. The molecule has 148 valence electrons. The number of likely N-dealkylation sites (tertiary alicyclic amines) is 1. The maximum atomic E-state index is 12.9. The molecular formula is C21H25N3O3S. The molecular weight excluding hydrogens is 374 g/mol. The molecule has 0 saturated carbocycles. The monoisotopic (exact) mass is 399 g/mol. The first-order chi connectivity index (χ1) is 13.5. The smallest absolute Gasteiger partial charge is 0.260 e. The van der Waals surface area contributed by atoms with Crippen LogP contribution in [0.5, 0.6) is 0 Å². The van der Waals surface area contributed by atoms with Gasteiger partial charge in [0.15, 0.2) is 0 Å². The summed E-state index contributed by atoms with van der Waals surface area (Å²) < 4.78 is 0. The van der Waals surface area contributed by atoms with Gasteiger partial charge in [0, 0.05) is 48.6 Å². The largest absolute Gasteiger partial charge is 0.396 e. The average molecular weight is 400 g/mol. The number of fused-ring (bicyclic) bond motifs is 1. The molecule has 2 aromatic heterocycles. The van der Waals surface area contributed by atoms with E-state index >= 15 is 0 Å². The summed E-state index contributed by atoms with van der Waals surface area (Å²) in [5.41, 5.74) is 3.06. The summed E-state index contributed by atoms with van der Waals surface area (Å²) in [7, 11) is 0. The summed E-state index contributed by atoms with van der Waals surface area (Å²) in [6.07, 6.45) is 0. The Kier molecular flexibility index (Phi) is 5.33. The van der Waals surface area contributed by atoms with Crippen LogP contribution in [0, 0.1) is 25.7 Å². The Hall–Kier alpha value is -2.06. The van der Waals surface area contributed by atoms with Crippen LogP contribution in [0.2, 0.25) is 0 Å². The average Bonchev–Trinajstić information content (AvgIpc) is 3.22. The molecule has 7 heteroatoms. The van der Waals surface area contributed by atoms with Crippen molar-refractivity contribution in [2.24, 2.45) is 11.8 Å². The molecule has 28 heavy (non-hydrogen) atoms. The van der Waals surface area contributed by atoms with Crippen molar-refractivity contribution in [1.29, 1.82) is 0 Å². The Bertz CT molecular complexity index is 1030. The number of benzene rings is 1. The van der Waals surface area contributed by atoms with E-state index in [2.05, 4.69) is 22.0 Å². The normalized spacial score (nSPS) is 20.3. The lowest BCUT2D eigenvalue weighted by Crippen LogP contribution is -2.24. The summed E-state index contributed by atoms with van der Waals surface area (Å²) in [6, 6.07) is 8.20. The zero-order valence-corrected chi connectivity index (χ0v) is 16.9. The number of aliphatic hydroxyl groups is 2. The second-order valence-corrected chi connectivity index (χ2v) is 8.87. The number of thiophene rings is 1. The van der Waals surface area contributed by atoms with Crippen LogP contribution in [-0.2, 0) is 6.54 Å². The maximum Gasteiger partial charge on any atom is 0.260 e. The lowest BCUT2D eigenvalue weighted by atomic mass is 9.98. The number of H-pyrrole nitrogens is 1. The molecule has 0 radical (unpaired) electrons. The molecule has 4 rings (SSSR count). The number of aryl methyl sites for hydroxylation is 2. The zero-order valence-electron chi connectivity index (χ0n) is 16.1. The molecule has 2 atom stereocenters. The quantitative estimate of drug-likeness (QED) is 0.613. The molecule has 6 nitrogen and oxygen atoms in total. The number of nitrogens with one attached hydrogen (secondary N) is 1. The van der Waals surface area contributed by atoms with Gasteiger partial charge in [-0.3, -0.25) is 9.69 Å². The lowest BCUT2D eigenvalue weighted by Gasteiger charge is -2.14. The molecule has 0 spiro atoms. The number of rotatable bonds is 5. The molecule has 3 heterocycles. The van der Waals surface area contributed by atoms with Gasteiger partial charge in [-0.25, -0.2) is 4.98 Å². The minimum Gasteiger partial charge on any atom is -0.396 e. The molecule has 3 N–H and O–H groups in total. The van der Waals surface area contributed by atoms with Crippen molar-refractivity contribution < 1.29 is 10.2 Å². The van der Waals surface area contributed by atoms with Crippen LogP contribution < -0.4 is 5.56 Å². The van der Waals surface area contributed by atoms with E-state index in [0.717, 1.165) is 20.8 Å². The highest BCUT2D eigenvalue weighted by molar-refractivity contribution is 7.19. The van der Waals surface area contributed by atoms with E-state index in [1.165, 1.54) is 5.56 Å². The summed E-state index contributed by atoms with van der Waals surface area (Å²) in [4.78, 5) is 24.5. The minimum atomic E-state index is -0.114. The highest BCUT2D eigenvalue weighted by Crippen LogP contribution is 2.35. The molecule has 1 aromatic carbocycles. The van der Waals surface area contributed by atoms with Crippen LogP contribution >= 0.6 is 11.3 Å². The van der Waals surface area contributed by atoms with Crippen molar-refractivity contribution in [3.63, 3.8) is 0 Å². The predicted octanol–water partition coefficient (Wildman–Crippen LogP) is 2.30. The summed E-state index contributed by atoms with van der Waals surface area (Å²) in [5.74, 6) is 0.764. The number of aromatic nitrogens is 2. The van der Waals surface area contributed by atoms with Gasteiger partial charge >= 0.3 is 0 Å². The zero-order chi connectivity index (χ0) is 19.8. The van der Waals surface area contributed by atoms with Crippen LogP contribution in [-0.4, -0.2) is 51.4 Å². The van der Waals surface area contributed by atoms with Gasteiger partial charge in [-0.05, 0) is 19.4 Å². The van der Waals surface area contributed by atoms with Crippen LogP contribution in [0.15, 0.2) is 29.1 Å². The van der Waals surface area contributed by atoms with Crippen molar-refractivity contribution >= 4 is 21.6 Å². The molecule has 0 amide bonds. The highest BCUT2D eigenvalue weighted by atomic mass is 32.1. The van der Waals surface area contributed by atoms with E-state index in [-0.39, 0.29) is 30.6 Å². The van der Waals surface area contributed by atoms with Gasteiger partial charge < -0.3 is 15.2 Å². The number of aromatic amines is 1. The Morgan fingerprint density at radius 2 is 1.79 bits per heavy atom. The lowest BCUT2D eigenvalue weighted by molar-refractivity contribution is 0.152. The predicted molar refractivity (Wildman–Crippen MR) is 112 cm³/mol. The van der Waals surface area contributed by atoms with E-state index in [1.54, 1.807) is 11.3 Å². The summed E-state index contributed by atoms with van der Waals surface area (Å²) in [5, 5.41) is 19.6. The second kappa shape index (κ2) is 7.75. The van der Waals surface area contributed by atoms with Crippen molar-refractivity contribution in [3.8, 4) is 11.1 Å². The topological polar surface area (TPSA) is 89.4 Å². The van der Waals surface area contributed by atoms with Gasteiger partial charge in [-0.2, -0.15) is 0 Å². The van der Waals surface area contributed by atoms with Crippen molar-refractivity contribution in [1.82, 2.24) is 14.9 Å². The highest BCUT2D eigenvalue weighted by Gasteiger charge is 2.32. The van der Waals surface area contributed by atoms with E-state index in [0.29, 0.717) is 30.8 Å². The standard InChI is InChI=1S/C21H25N3O3S/c1-12-3-5-14(6-4-12)18-13(2)28-21-19(18)20(27)22-17(23-21)9-24-7-15(10-25)16(8-24)11-26/h3-6,15-16,25-26H,7-11H2,1-2H3,(H,22,23,27)/t15-,16-/m0/s1. The van der Waals surface area contributed by atoms with E-state index < -0.39 is 0 Å². The molecule has 1 fully saturated rings. The van der Waals surface area contributed by atoms with Crippen molar-refractivity contribution in [3.05, 3.63) is 50.9 Å². The van der Waals surface area contributed by atoms with Crippen LogP contribution in [0.25, 0.3) is 21.3 Å². The molecule has 3 aromatic rings. The Labute approximate surface area is 167 Å². The van der Waals surface area contributed by atoms with Gasteiger partial charge in [-0.15, -0.1) is 11.3 Å². The van der Waals surface area contributed by atoms with Crippen LogP contribution in [0.4, 0.5) is 0 Å². The van der Waals surface area contributed by atoms with Crippen molar-refractivity contribution in [2.45, 2.75) is 20.4 Å². The van der Waals surface area contributed by atoms with Crippen LogP contribution in [0.3, 0.4) is 0 Å². The van der Waals surface area contributed by atoms with Crippen molar-refractivity contribution in [2.75, 3.05) is 26.3 Å². The minimum absolute atomic E-state index is 0.0642. The summed E-state index contributed by atoms with van der Waals surface area (Å²) in [6.45, 7) is 6.10. The van der Waals surface area contributed by atoms with Gasteiger partial charge in [-0.1, -0.05) is 29.8 Å². The molecule has 0 aliphatic carbocycles. The molecule has 0 bridgehead atoms. The Balaban J connectivity index is 1.67. The number of hydrogen-bond donors (Lipinski definition) is 3. The Morgan fingerprint density at radius 1 is 1.14 bits per heavy atom. The van der Waals surface area contributed by atoms with Gasteiger partial charge in [0.2, 0.25) is 0 Å². The first kappa shape index (κ1) is 19.3. The van der Waals surface area contributed by atoms with Gasteiger partial charge in [0.25, 0.3) is 5.56 Å².